The van der Waals surface area contributed by atoms with Crippen LogP contribution in [0.4, 0.5) is 0 Å². The van der Waals surface area contributed by atoms with Crippen molar-refractivity contribution in [3.8, 4) is 0 Å². The van der Waals surface area contributed by atoms with Crippen LogP contribution in [0.2, 0.25) is 0 Å². The SMILES string of the molecule is O=C(NCc1ccccn1)c1nn[nH]n1. The highest BCUT2D eigenvalue weighted by molar-refractivity contribution is 5.89. The number of carbonyl (C=O) groups is 1. The molecule has 0 aromatic carbocycles. The molecule has 0 fully saturated rings. The second-order valence-electron chi connectivity index (χ2n) is 2.74. The normalized spacial score (nSPS) is 9.87. The van der Waals surface area contributed by atoms with Gasteiger partial charge in [0, 0.05) is 6.20 Å². The van der Waals surface area contributed by atoms with Gasteiger partial charge in [-0.25, -0.2) is 0 Å². The van der Waals surface area contributed by atoms with Crippen molar-refractivity contribution in [2.24, 2.45) is 0 Å². The molecular formula is C8H8N6O. The summed E-state index contributed by atoms with van der Waals surface area (Å²) in [5.74, 6) is -0.361. The van der Waals surface area contributed by atoms with Crippen LogP contribution in [0, 0.1) is 0 Å². The predicted octanol–water partition coefficient (Wildman–Crippen LogP) is -0.475. The van der Waals surface area contributed by atoms with E-state index in [1.54, 1.807) is 6.20 Å². The minimum Gasteiger partial charge on any atom is -0.344 e. The van der Waals surface area contributed by atoms with E-state index in [2.05, 4.69) is 30.9 Å². The first-order valence-corrected chi connectivity index (χ1v) is 4.28. The molecule has 0 spiro atoms. The van der Waals surface area contributed by atoms with Crippen molar-refractivity contribution in [3.63, 3.8) is 0 Å². The maximum atomic E-state index is 11.4. The minimum atomic E-state index is -0.380. The monoisotopic (exact) mass is 204 g/mol. The number of pyridine rings is 1. The molecule has 1 amide bonds. The zero-order chi connectivity index (χ0) is 10.5. The van der Waals surface area contributed by atoms with E-state index >= 15 is 0 Å². The molecule has 0 atom stereocenters. The number of hydrogen-bond donors (Lipinski definition) is 2. The van der Waals surface area contributed by atoms with Crippen LogP contribution in [-0.4, -0.2) is 31.5 Å². The summed E-state index contributed by atoms with van der Waals surface area (Å²) in [6.45, 7) is 0.341. The summed E-state index contributed by atoms with van der Waals surface area (Å²) in [6.07, 6.45) is 1.66. The average Bonchev–Trinajstić information content (AvgIpc) is 2.81. The van der Waals surface area contributed by atoms with Crippen LogP contribution >= 0.6 is 0 Å². The van der Waals surface area contributed by atoms with Gasteiger partial charge in [0.2, 0.25) is 0 Å². The third-order valence-corrected chi connectivity index (χ3v) is 1.70. The van der Waals surface area contributed by atoms with Gasteiger partial charge in [-0.05, 0) is 17.3 Å². The summed E-state index contributed by atoms with van der Waals surface area (Å²) in [5.41, 5.74) is 0.773. The van der Waals surface area contributed by atoms with E-state index in [1.165, 1.54) is 0 Å². The molecule has 76 valence electrons. The lowest BCUT2D eigenvalue weighted by Crippen LogP contribution is -2.24. The van der Waals surface area contributed by atoms with Gasteiger partial charge in [-0.3, -0.25) is 9.78 Å². The van der Waals surface area contributed by atoms with Gasteiger partial charge in [-0.1, -0.05) is 6.07 Å². The highest BCUT2D eigenvalue weighted by Gasteiger charge is 2.09. The zero-order valence-electron chi connectivity index (χ0n) is 7.71. The second kappa shape index (κ2) is 4.27. The molecule has 2 aromatic heterocycles. The maximum Gasteiger partial charge on any atom is 0.293 e. The van der Waals surface area contributed by atoms with Crippen molar-refractivity contribution in [1.29, 1.82) is 0 Å². The Morgan fingerprint density at radius 1 is 1.47 bits per heavy atom. The summed E-state index contributed by atoms with van der Waals surface area (Å²) in [5, 5.41) is 15.2. The number of rotatable bonds is 3. The Morgan fingerprint density at radius 2 is 2.40 bits per heavy atom. The number of aromatic nitrogens is 5. The van der Waals surface area contributed by atoms with Crippen LogP contribution in [0.3, 0.4) is 0 Å². The van der Waals surface area contributed by atoms with Crippen LogP contribution in [-0.2, 0) is 6.54 Å². The smallest absolute Gasteiger partial charge is 0.293 e. The molecule has 2 N–H and O–H groups in total. The molecule has 7 nitrogen and oxygen atoms in total. The van der Waals surface area contributed by atoms with E-state index in [9.17, 15) is 4.79 Å². The molecular weight excluding hydrogens is 196 g/mol. The quantitative estimate of drug-likeness (QED) is 0.704. The van der Waals surface area contributed by atoms with Crippen molar-refractivity contribution in [3.05, 3.63) is 35.9 Å². The molecule has 2 rings (SSSR count). The van der Waals surface area contributed by atoms with Crippen molar-refractivity contribution in [2.75, 3.05) is 0 Å². The number of amides is 1. The minimum absolute atomic E-state index is 0.0194. The number of nitrogens with zero attached hydrogens (tertiary/aromatic N) is 4. The van der Waals surface area contributed by atoms with Crippen LogP contribution in [0.15, 0.2) is 24.4 Å². The highest BCUT2D eigenvalue weighted by atomic mass is 16.2. The Morgan fingerprint density at radius 3 is 3.07 bits per heavy atom. The fourth-order valence-corrected chi connectivity index (χ4v) is 1.01. The number of carbonyl (C=O) groups excluding carboxylic acids is 1. The molecule has 0 aliphatic carbocycles. The van der Waals surface area contributed by atoms with E-state index in [4.69, 9.17) is 0 Å². The van der Waals surface area contributed by atoms with Crippen LogP contribution < -0.4 is 5.32 Å². The molecule has 0 bridgehead atoms. The molecule has 0 saturated heterocycles. The van der Waals surface area contributed by atoms with E-state index in [1.807, 2.05) is 18.2 Å². The summed E-state index contributed by atoms with van der Waals surface area (Å²) < 4.78 is 0. The Hall–Kier alpha value is -2.31. The van der Waals surface area contributed by atoms with E-state index in [0.29, 0.717) is 6.54 Å². The molecule has 2 aromatic rings. The highest BCUT2D eigenvalue weighted by Crippen LogP contribution is 1.93. The standard InChI is InChI=1S/C8H8N6O/c15-8(7-11-13-14-12-7)10-5-6-3-1-2-4-9-6/h1-4H,5H2,(H,10,15)(H,11,12,13,14). The van der Waals surface area contributed by atoms with Gasteiger partial charge in [0.25, 0.3) is 11.7 Å². The fraction of sp³-hybridized carbons (Fsp3) is 0.125. The lowest BCUT2D eigenvalue weighted by Gasteiger charge is -2.00. The molecule has 0 radical (unpaired) electrons. The van der Waals surface area contributed by atoms with Gasteiger partial charge in [0.05, 0.1) is 12.2 Å². The average molecular weight is 204 g/mol. The number of tetrazole rings is 1. The molecule has 0 saturated carbocycles. The topological polar surface area (TPSA) is 96.5 Å². The summed E-state index contributed by atoms with van der Waals surface area (Å²) in [7, 11) is 0. The van der Waals surface area contributed by atoms with E-state index in [0.717, 1.165) is 5.69 Å². The van der Waals surface area contributed by atoms with Crippen molar-refractivity contribution < 1.29 is 4.79 Å². The third-order valence-electron chi connectivity index (χ3n) is 1.70. The third kappa shape index (κ3) is 2.33. The first-order valence-electron chi connectivity index (χ1n) is 4.28. The Labute approximate surface area is 84.9 Å². The van der Waals surface area contributed by atoms with Gasteiger partial charge >= 0.3 is 0 Å². The molecule has 0 unspecified atom stereocenters. The van der Waals surface area contributed by atoms with Crippen LogP contribution in [0.5, 0.6) is 0 Å². The largest absolute Gasteiger partial charge is 0.344 e. The predicted molar refractivity (Wildman–Crippen MR) is 49.6 cm³/mol. The summed E-state index contributed by atoms with van der Waals surface area (Å²) in [6, 6.07) is 5.48. The van der Waals surface area contributed by atoms with Crippen LogP contribution in [0.25, 0.3) is 0 Å². The van der Waals surface area contributed by atoms with Gasteiger partial charge in [-0.2, -0.15) is 5.21 Å². The lowest BCUT2D eigenvalue weighted by atomic mass is 10.3. The summed E-state index contributed by atoms with van der Waals surface area (Å²) >= 11 is 0. The van der Waals surface area contributed by atoms with E-state index < -0.39 is 0 Å². The van der Waals surface area contributed by atoms with Gasteiger partial charge in [0.1, 0.15) is 0 Å². The fourth-order valence-electron chi connectivity index (χ4n) is 1.01. The van der Waals surface area contributed by atoms with Crippen molar-refractivity contribution in [1.82, 2.24) is 30.9 Å². The van der Waals surface area contributed by atoms with Gasteiger partial charge < -0.3 is 5.32 Å². The number of hydrogen-bond acceptors (Lipinski definition) is 5. The Kier molecular flexibility index (Phi) is 2.63. The van der Waals surface area contributed by atoms with Gasteiger partial charge in [0.15, 0.2) is 0 Å². The lowest BCUT2D eigenvalue weighted by molar-refractivity contribution is 0.0940. The second-order valence-corrected chi connectivity index (χ2v) is 2.74. The summed E-state index contributed by atoms with van der Waals surface area (Å²) in [4.78, 5) is 15.4. The Bertz CT molecular complexity index is 426. The number of aromatic amines is 1. The zero-order valence-corrected chi connectivity index (χ0v) is 7.71. The molecule has 15 heavy (non-hydrogen) atoms. The van der Waals surface area contributed by atoms with Crippen molar-refractivity contribution >= 4 is 5.91 Å². The molecule has 2 heterocycles. The first kappa shape index (κ1) is 9.25. The number of nitrogens with one attached hydrogen (secondary N) is 2. The van der Waals surface area contributed by atoms with Crippen LogP contribution in [0.1, 0.15) is 16.3 Å². The number of H-pyrrole nitrogens is 1. The molecule has 0 aliphatic heterocycles. The van der Waals surface area contributed by atoms with Crippen molar-refractivity contribution in [2.45, 2.75) is 6.54 Å². The first-order chi connectivity index (χ1) is 7.36. The van der Waals surface area contributed by atoms with E-state index in [-0.39, 0.29) is 11.7 Å². The molecule has 7 heteroatoms. The van der Waals surface area contributed by atoms with Gasteiger partial charge in [-0.15, -0.1) is 10.2 Å². The maximum absolute atomic E-state index is 11.4. The Balaban J connectivity index is 1.92. The molecule has 0 aliphatic rings.